The Bertz CT molecular complexity index is 1170. The van der Waals surface area contributed by atoms with E-state index in [1.165, 1.54) is 12.1 Å². The van der Waals surface area contributed by atoms with Gasteiger partial charge in [0, 0.05) is 12.7 Å². The number of nitrogens with zero attached hydrogens (tertiary/aromatic N) is 3. The zero-order valence-corrected chi connectivity index (χ0v) is 19.2. The van der Waals surface area contributed by atoms with Gasteiger partial charge in [-0.15, -0.1) is 10.2 Å². The molecule has 34 heavy (non-hydrogen) atoms. The van der Waals surface area contributed by atoms with E-state index in [4.69, 9.17) is 4.74 Å². The van der Waals surface area contributed by atoms with Crippen LogP contribution in [0, 0.1) is 0 Å². The minimum absolute atomic E-state index is 0.0283. The lowest BCUT2D eigenvalue weighted by Crippen LogP contribution is -2.18. The first-order valence-corrected chi connectivity index (χ1v) is 11.2. The van der Waals surface area contributed by atoms with Gasteiger partial charge in [0.15, 0.2) is 5.16 Å². The van der Waals surface area contributed by atoms with E-state index in [2.05, 4.69) is 20.8 Å². The molecule has 0 radical (unpaired) electrons. The Morgan fingerprint density at radius 3 is 2.56 bits per heavy atom. The quantitative estimate of drug-likeness (QED) is 0.435. The number of amides is 2. The fourth-order valence-electron chi connectivity index (χ4n) is 2.91. The number of benzene rings is 2. The summed E-state index contributed by atoms with van der Waals surface area (Å²) in [5, 5.41) is 13.6. The smallest absolute Gasteiger partial charge is 0.416 e. The van der Waals surface area contributed by atoms with Crippen LogP contribution in [0.25, 0.3) is 0 Å². The molecule has 180 valence electrons. The molecule has 0 fully saturated rings. The molecule has 0 spiro atoms. The van der Waals surface area contributed by atoms with Crippen LogP contribution in [0.3, 0.4) is 0 Å². The molecule has 0 bridgehead atoms. The van der Waals surface area contributed by atoms with Crippen molar-refractivity contribution in [2.24, 2.45) is 7.05 Å². The highest BCUT2D eigenvalue weighted by Gasteiger charge is 2.30. The summed E-state index contributed by atoms with van der Waals surface area (Å²) in [7, 11) is 1.64. The molecule has 0 saturated heterocycles. The van der Waals surface area contributed by atoms with Gasteiger partial charge in [-0.25, -0.2) is 0 Å². The largest absolute Gasteiger partial charge is 0.492 e. The second-order valence-electron chi connectivity index (χ2n) is 7.03. The number of rotatable bonds is 9. The van der Waals surface area contributed by atoms with Crippen LogP contribution in [0.2, 0.25) is 0 Å². The van der Waals surface area contributed by atoms with Crippen LogP contribution in [0.5, 0.6) is 5.75 Å². The molecule has 2 amide bonds. The molecule has 2 aromatic carbocycles. The number of anilines is 2. The van der Waals surface area contributed by atoms with Gasteiger partial charge in [-0.1, -0.05) is 30.0 Å². The van der Waals surface area contributed by atoms with Gasteiger partial charge in [-0.2, -0.15) is 13.2 Å². The molecule has 0 atom stereocenters. The molecule has 3 aromatic rings. The zero-order valence-electron chi connectivity index (χ0n) is 18.3. The maximum Gasteiger partial charge on any atom is 0.416 e. The summed E-state index contributed by atoms with van der Waals surface area (Å²) in [5.74, 6) is 0.0915. The van der Waals surface area contributed by atoms with Gasteiger partial charge in [0.25, 0.3) is 0 Å². The fraction of sp³-hybridized carbons (Fsp3) is 0.273. The minimum atomic E-state index is -4.51. The summed E-state index contributed by atoms with van der Waals surface area (Å²) in [6.45, 7) is 2.31. The Hall–Kier alpha value is -3.54. The number of nitrogens with one attached hydrogen (secondary N) is 2. The van der Waals surface area contributed by atoms with Gasteiger partial charge in [-0.05, 0) is 37.3 Å². The van der Waals surface area contributed by atoms with E-state index in [1.54, 1.807) is 35.9 Å². The predicted octanol–water partition coefficient (Wildman–Crippen LogP) is 4.14. The number of thioether (sulfide) groups is 1. The van der Waals surface area contributed by atoms with Crippen molar-refractivity contribution in [1.82, 2.24) is 14.8 Å². The fourth-order valence-corrected chi connectivity index (χ4v) is 3.64. The molecule has 12 heteroatoms. The summed E-state index contributed by atoms with van der Waals surface area (Å²) >= 11 is 1.13. The van der Waals surface area contributed by atoms with Crippen LogP contribution in [0.15, 0.2) is 53.7 Å². The van der Waals surface area contributed by atoms with Gasteiger partial charge in [-0.3, -0.25) is 9.59 Å². The Labute approximate surface area is 197 Å². The lowest BCUT2D eigenvalue weighted by molar-refractivity contribution is -0.137. The number of hydrogen-bond donors (Lipinski definition) is 2. The molecule has 0 aliphatic carbocycles. The van der Waals surface area contributed by atoms with Crippen LogP contribution >= 0.6 is 11.8 Å². The standard InChI is InChI=1S/C22H22F3N5O3S/c1-3-33-17-10-5-4-9-16(17)27-20(32)13-34-21-29-28-18(30(21)2)12-19(31)26-15-8-6-7-14(11-15)22(23,24)25/h4-11H,3,12-13H2,1-2H3,(H,26,31)(H,27,32). The van der Waals surface area contributed by atoms with Crippen molar-refractivity contribution in [3.8, 4) is 5.75 Å². The van der Waals surface area contributed by atoms with Crippen LogP contribution in [-0.2, 0) is 29.2 Å². The van der Waals surface area contributed by atoms with E-state index in [0.717, 1.165) is 23.9 Å². The Morgan fingerprint density at radius 1 is 1.06 bits per heavy atom. The lowest BCUT2D eigenvalue weighted by Gasteiger charge is -2.11. The van der Waals surface area contributed by atoms with Crippen molar-refractivity contribution in [2.45, 2.75) is 24.7 Å². The highest BCUT2D eigenvalue weighted by molar-refractivity contribution is 7.99. The van der Waals surface area contributed by atoms with E-state index in [0.29, 0.717) is 29.0 Å². The molecule has 2 N–H and O–H groups in total. The molecule has 0 aliphatic heterocycles. The summed E-state index contributed by atoms with van der Waals surface area (Å²) in [4.78, 5) is 24.7. The molecule has 0 saturated carbocycles. The third-order valence-corrected chi connectivity index (χ3v) is 5.53. The van der Waals surface area contributed by atoms with Gasteiger partial charge < -0.3 is 19.9 Å². The Morgan fingerprint density at radius 2 is 1.82 bits per heavy atom. The van der Waals surface area contributed by atoms with E-state index >= 15 is 0 Å². The highest BCUT2D eigenvalue weighted by Crippen LogP contribution is 2.30. The van der Waals surface area contributed by atoms with Crippen molar-refractivity contribution in [3.63, 3.8) is 0 Å². The van der Waals surface area contributed by atoms with Crippen LogP contribution < -0.4 is 15.4 Å². The SMILES string of the molecule is CCOc1ccccc1NC(=O)CSc1nnc(CC(=O)Nc2cccc(C(F)(F)F)c2)n1C. The van der Waals surface area contributed by atoms with E-state index < -0.39 is 17.6 Å². The maximum absolute atomic E-state index is 12.8. The van der Waals surface area contributed by atoms with E-state index in [1.807, 2.05) is 6.92 Å². The molecular formula is C22H22F3N5O3S. The van der Waals surface area contributed by atoms with Crippen molar-refractivity contribution in [2.75, 3.05) is 23.0 Å². The average Bonchev–Trinajstić information content (AvgIpc) is 3.12. The molecular weight excluding hydrogens is 471 g/mol. The third kappa shape index (κ3) is 6.73. The first kappa shape index (κ1) is 25.1. The minimum Gasteiger partial charge on any atom is -0.492 e. The molecule has 3 rings (SSSR count). The first-order valence-electron chi connectivity index (χ1n) is 10.2. The molecule has 8 nitrogen and oxygen atoms in total. The maximum atomic E-state index is 12.8. The number of alkyl halides is 3. The van der Waals surface area contributed by atoms with Gasteiger partial charge >= 0.3 is 6.18 Å². The number of halogens is 3. The zero-order chi connectivity index (χ0) is 24.7. The number of hydrogen-bond acceptors (Lipinski definition) is 6. The Kier molecular flexibility index (Phi) is 8.16. The molecule has 1 aromatic heterocycles. The van der Waals surface area contributed by atoms with Crippen LogP contribution in [-0.4, -0.2) is 38.9 Å². The summed E-state index contributed by atoms with van der Waals surface area (Å²) in [6, 6.07) is 11.4. The number of carbonyl (C=O) groups excluding carboxylic acids is 2. The van der Waals surface area contributed by atoms with Gasteiger partial charge in [0.1, 0.15) is 11.6 Å². The van der Waals surface area contributed by atoms with Crippen LogP contribution in [0.4, 0.5) is 24.5 Å². The van der Waals surface area contributed by atoms with Crippen molar-refractivity contribution >= 4 is 35.0 Å². The topological polar surface area (TPSA) is 98.1 Å². The van der Waals surface area contributed by atoms with Crippen LogP contribution in [0.1, 0.15) is 18.3 Å². The average molecular weight is 494 g/mol. The molecule has 1 heterocycles. The molecule has 0 aliphatic rings. The van der Waals surface area contributed by atoms with Crippen molar-refractivity contribution < 1.29 is 27.5 Å². The number of para-hydroxylation sites is 2. The Balaban J connectivity index is 1.56. The second-order valence-corrected chi connectivity index (χ2v) is 7.97. The number of aromatic nitrogens is 3. The van der Waals surface area contributed by atoms with Gasteiger partial charge in [0.2, 0.25) is 11.8 Å². The van der Waals surface area contributed by atoms with Crippen molar-refractivity contribution in [3.05, 3.63) is 59.9 Å². The monoisotopic (exact) mass is 493 g/mol. The number of ether oxygens (including phenoxy) is 1. The second kappa shape index (κ2) is 11.1. The summed E-state index contributed by atoms with van der Waals surface area (Å²) in [6.07, 6.45) is -4.71. The van der Waals surface area contributed by atoms with Gasteiger partial charge in [0.05, 0.1) is 30.0 Å². The van der Waals surface area contributed by atoms with E-state index in [-0.39, 0.29) is 23.8 Å². The molecule has 0 unspecified atom stereocenters. The normalized spacial score (nSPS) is 11.2. The van der Waals surface area contributed by atoms with Crippen molar-refractivity contribution in [1.29, 1.82) is 0 Å². The number of carbonyl (C=O) groups is 2. The highest BCUT2D eigenvalue weighted by atomic mass is 32.2. The predicted molar refractivity (Wildman–Crippen MR) is 122 cm³/mol. The first-order chi connectivity index (χ1) is 16.2. The summed E-state index contributed by atoms with van der Waals surface area (Å²) < 4.78 is 45.6. The summed E-state index contributed by atoms with van der Waals surface area (Å²) in [5.41, 5.74) is -0.273. The lowest BCUT2D eigenvalue weighted by atomic mass is 10.2. The van der Waals surface area contributed by atoms with E-state index in [9.17, 15) is 22.8 Å². The third-order valence-electron chi connectivity index (χ3n) is 4.51.